The van der Waals surface area contributed by atoms with E-state index in [1.165, 1.54) is 18.4 Å². The monoisotopic (exact) mass is 474 g/mol. The number of thiophene rings is 1. The van der Waals surface area contributed by atoms with Crippen molar-refractivity contribution >= 4 is 45.3 Å². The van der Waals surface area contributed by atoms with E-state index in [-0.39, 0.29) is 0 Å². The zero-order valence-corrected chi connectivity index (χ0v) is 19.5. The van der Waals surface area contributed by atoms with Gasteiger partial charge in [-0.15, -0.1) is 11.3 Å². The molecule has 0 radical (unpaired) electrons. The summed E-state index contributed by atoms with van der Waals surface area (Å²) < 4.78 is 10.8. The van der Waals surface area contributed by atoms with Gasteiger partial charge in [-0.2, -0.15) is 0 Å². The molecule has 1 aromatic heterocycles. The van der Waals surface area contributed by atoms with Gasteiger partial charge >= 0.3 is 5.97 Å². The minimum Gasteiger partial charge on any atom is -0.489 e. The number of rotatable bonds is 7. The number of hydrogen-bond donors (Lipinski definition) is 2. The first-order valence-corrected chi connectivity index (χ1v) is 11.5. The van der Waals surface area contributed by atoms with Gasteiger partial charge in [0.05, 0.1) is 12.7 Å². The third-order valence-electron chi connectivity index (χ3n) is 4.78. The molecule has 5 nitrogen and oxygen atoms in total. The van der Waals surface area contributed by atoms with Crippen LogP contribution >= 0.6 is 23.6 Å². The van der Waals surface area contributed by atoms with Crippen LogP contribution in [0.2, 0.25) is 0 Å². The lowest BCUT2D eigenvalue weighted by Crippen LogP contribution is -2.19. The molecule has 7 heteroatoms. The van der Waals surface area contributed by atoms with Crippen molar-refractivity contribution in [3.63, 3.8) is 0 Å². The van der Waals surface area contributed by atoms with E-state index < -0.39 is 5.97 Å². The standard InChI is InChI=1S/C26H22N2O3S2/c1-30-25(29)22-16-23(19-10-6-3-7-11-19)33-24(22)28-26(32)27-20-12-14-21(15-13-20)31-17-18-8-4-2-5-9-18/h2-16H,17H2,1H3,(H2,27,28,32). The minimum atomic E-state index is -0.418. The van der Waals surface area contributed by atoms with Crippen LogP contribution in [0.25, 0.3) is 10.4 Å². The maximum absolute atomic E-state index is 12.3. The second-order valence-corrected chi connectivity index (χ2v) is 8.55. The van der Waals surface area contributed by atoms with E-state index in [4.69, 9.17) is 21.7 Å². The van der Waals surface area contributed by atoms with Gasteiger partial charge in [-0.1, -0.05) is 60.7 Å². The van der Waals surface area contributed by atoms with E-state index in [0.29, 0.717) is 22.3 Å². The Morgan fingerprint density at radius 2 is 1.58 bits per heavy atom. The Hall–Kier alpha value is -3.68. The zero-order chi connectivity index (χ0) is 23.0. The summed E-state index contributed by atoms with van der Waals surface area (Å²) in [6.45, 7) is 0.506. The Labute approximate surface area is 202 Å². The highest BCUT2D eigenvalue weighted by Crippen LogP contribution is 2.36. The molecule has 33 heavy (non-hydrogen) atoms. The van der Waals surface area contributed by atoms with Crippen molar-refractivity contribution in [2.45, 2.75) is 6.61 Å². The zero-order valence-electron chi connectivity index (χ0n) is 17.9. The van der Waals surface area contributed by atoms with E-state index in [2.05, 4.69) is 10.6 Å². The summed E-state index contributed by atoms with van der Waals surface area (Å²) >= 11 is 6.92. The van der Waals surface area contributed by atoms with Crippen LogP contribution in [0, 0.1) is 0 Å². The van der Waals surface area contributed by atoms with Gasteiger partial charge < -0.3 is 20.1 Å². The average Bonchev–Trinajstić information content (AvgIpc) is 3.28. The molecule has 0 spiro atoms. The number of thiocarbonyl (C=S) groups is 1. The number of nitrogens with one attached hydrogen (secondary N) is 2. The van der Waals surface area contributed by atoms with Gasteiger partial charge in [-0.3, -0.25) is 0 Å². The fourth-order valence-electron chi connectivity index (χ4n) is 3.13. The van der Waals surface area contributed by atoms with Gasteiger partial charge in [0.2, 0.25) is 0 Å². The summed E-state index contributed by atoms with van der Waals surface area (Å²) in [5.74, 6) is 0.348. The van der Waals surface area contributed by atoms with Crippen molar-refractivity contribution in [1.29, 1.82) is 0 Å². The number of carbonyl (C=O) groups excluding carboxylic acids is 1. The summed E-state index contributed by atoms with van der Waals surface area (Å²) in [5.41, 5.74) is 3.37. The van der Waals surface area contributed by atoms with Crippen molar-refractivity contribution in [3.05, 3.63) is 102 Å². The molecule has 4 aromatic rings. The lowest BCUT2D eigenvalue weighted by Gasteiger charge is -2.11. The van der Waals surface area contributed by atoms with Crippen molar-refractivity contribution in [3.8, 4) is 16.2 Å². The fourth-order valence-corrected chi connectivity index (χ4v) is 4.47. The molecule has 0 amide bonds. The molecule has 2 N–H and O–H groups in total. The lowest BCUT2D eigenvalue weighted by molar-refractivity contribution is 0.0602. The van der Waals surface area contributed by atoms with Gasteiger partial charge in [0.25, 0.3) is 0 Å². The molecule has 0 unspecified atom stereocenters. The molecule has 0 aliphatic carbocycles. The summed E-state index contributed by atoms with van der Waals surface area (Å²) in [4.78, 5) is 13.2. The van der Waals surface area contributed by atoms with Crippen molar-refractivity contribution in [2.75, 3.05) is 17.7 Å². The number of anilines is 2. The lowest BCUT2D eigenvalue weighted by atomic mass is 10.1. The second kappa shape index (κ2) is 10.8. The van der Waals surface area contributed by atoms with E-state index in [9.17, 15) is 4.79 Å². The first-order valence-electron chi connectivity index (χ1n) is 10.2. The topological polar surface area (TPSA) is 59.6 Å². The molecule has 0 aliphatic heterocycles. The van der Waals surface area contributed by atoms with Gasteiger partial charge in [-0.25, -0.2) is 4.79 Å². The molecule has 0 aliphatic rings. The second-order valence-electron chi connectivity index (χ2n) is 7.09. The number of esters is 1. The normalized spacial score (nSPS) is 10.3. The number of hydrogen-bond acceptors (Lipinski definition) is 5. The van der Waals surface area contributed by atoms with Crippen LogP contribution in [0.4, 0.5) is 10.7 Å². The Kier molecular flexibility index (Phi) is 7.34. The van der Waals surface area contributed by atoms with Crippen LogP contribution in [-0.4, -0.2) is 18.2 Å². The van der Waals surface area contributed by atoms with E-state index >= 15 is 0 Å². The molecule has 166 valence electrons. The predicted molar refractivity (Wildman–Crippen MR) is 138 cm³/mol. The summed E-state index contributed by atoms with van der Waals surface area (Å²) in [5, 5.41) is 7.28. The largest absolute Gasteiger partial charge is 0.489 e. The summed E-state index contributed by atoms with van der Waals surface area (Å²) in [6, 6.07) is 29.2. The van der Waals surface area contributed by atoms with Gasteiger partial charge in [0.15, 0.2) is 5.11 Å². The molecule has 0 saturated carbocycles. The smallest absolute Gasteiger partial charge is 0.340 e. The molecule has 0 bridgehead atoms. The van der Waals surface area contributed by atoms with Crippen LogP contribution in [0.1, 0.15) is 15.9 Å². The fraction of sp³-hybridized carbons (Fsp3) is 0.0769. The Balaban J connectivity index is 1.41. The van der Waals surface area contributed by atoms with E-state index in [1.807, 2.05) is 91.0 Å². The van der Waals surface area contributed by atoms with Crippen LogP contribution in [0.15, 0.2) is 91.0 Å². The highest BCUT2D eigenvalue weighted by atomic mass is 32.1. The quantitative estimate of drug-likeness (QED) is 0.233. The maximum Gasteiger partial charge on any atom is 0.340 e. The van der Waals surface area contributed by atoms with Crippen molar-refractivity contribution in [2.24, 2.45) is 0 Å². The molecule has 0 saturated heterocycles. The van der Waals surface area contributed by atoms with Crippen LogP contribution < -0.4 is 15.4 Å². The Morgan fingerprint density at radius 1 is 0.909 bits per heavy atom. The van der Waals surface area contributed by atoms with Gasteiger partial charge in [0, 0.05) is 10.6 Å². The molecule has 4 rings (SSSR count). The average molecular weight is 475 g/mol. The van der Waals surface area contributed by atoms with Gasteiger partial charge in [-0.05, 0) is 53.7 Å². The Morgan fingerprint density at radius 3 is 2.24 bits per heavy atom. The highest BCUT2D eigenvalue weighted by molar-refractivity contribution is 7.80. The van der Waals surface area contributed by atoms with Crippen molar-refractivity contribution < 1.29 is 14.3 Å². The first-order chi connectivity index (χ1) is 16.1. The third-order valence-corrected chi connectivity index (χ3v) is 6.09. The molecular formula is C26H22N2O3S2. The molecular weight excluding hydrogens is 452 g/mol. The summed E-state index contributed by atoms with van der Waals surface area (Å²) in [6.07, 6.45) is 0. The Bertz CT molecular complexity index is 1220. The van der Waals surface area contributed by atoms with Crippen LogP contribution in [-0.2, 0) is 11.3 Å². The van der Waals surface area contributed by atoms with Gasteiger partial charge in [0.1, 0.15) is 17.4 Å². The highest BCUT2D eigenvalue weighted by Gasteiger charge is 2.18. The maximum atomic E-state index is 12.3. The number of benzene rings is 3. The third kappa shape index (κ3) is 5.97. The minimum absolute atomic E-state index is 0.375. The van der Waals surface area contributed by atoms with Crippen LogP contribution in [0.5, 0.6) is 5.75 Å². The van der Waals surface area contributed by atoms with E-state index in [0.717, 1.165) is 27.4 Å². The molecule has 1 heterocycles. The number of methoxy groups -OCH3 is 1. The molecule has 0 fully saturated rings. The molecule has 0 atom stereocenters. The molecule has 3 aromatic carbocycles. The van der Waals surface area contributed by atoms with Crippen molar-refractivity contribution in [1.82, 2.24) is 0 Å². The summed E-state index contributed by atoms with van der Waals surface area (Å²) in [7, 11) is 1.37. The predicted octanol–water partition coefficient (Wildman–Crippen LogP) is 6.59. The van der Waals surface area contributed by atoms with E-state index in [1.54, 1.807) is 0 Å². The SMILES string of the molecule is COC(=O)c1cc(-c2ccccc2)sc1NC(=S)Nc1ccc(OCc2ccccc2)cc1. The first kappa shape index (κ1) is 22.5. The van der Waals surface area contributed by atoms with Crippen LogP contribution in [0.3, 0.4) is 0 Å². The number of carbonyl (C=O) groups is 1. The number of ether oxygens (including phenoxy) is 2.